The van der Waals surface area contributed by atoms with Crippen molar-refractivity contribution in [1.29, 1.82) is 0 Å². The van der Waals surface area contributed by atoms with Gasteiger partial charge in [-0.2, -0.15) is 0 Å². The molecule has 1 nitrogen and oxygen atoms in total. The summed E-state index contributed by atoms with van der Waals surface area (Å²) in [5.74, 6) is 0. The van der Waals surface area contributed by atoms with Crippen LogP contribution in [0.1, 0.15) is 0 Å². The van der Waals surface area contributed by atoms with Crippen molar-refractivity contribution < 1.29 is 0 Å². The molecule has 1 heteroatoms. The lowest BCUT2D eigenvalue weighted by atomic mass is 9.84. The van der Waals surface area contributed by atoms with Gasteiger partial charge in [0.1, 0.15) is 0 Å². The summed E-state index contributed by atoms with van der Waals surface area (Å²) in [7, 11) is 0. The highest BCUT2D eigenvalue weighted by Crippen LogP contribution is 2.47. The molecule has 0 aromatic heterocycles. The lowest BCUT2D eigenvalue weighted by molar-refractivity contribution is 1.30. The zero-order valence-corrected chi connectivity index (χ0v) is 39.1. The number of rotatable bonds is 9. The van der Waals surface area contributed by atoms with Gasteiger partial charge in [0.25, 0.3) is 0 Å². The van der Waals surface area contributed by atoms with Crippen LogP contribution in [-0.4, -0.2) is 0 Å². The van der Waals surface area contributed by atoms with E-state index in [1.54, 1.807) is 0 Å². The van der Waals surface area contributed by atoms with Gasteiger partial charge in [0.15, 0.2) is 0 Å². The SMILES string of the molecule is c1ccc(-c2ccc(N(c3ccc(-c4ccc(-c5ccc6ccccc6c5)cc4)cc3)c3cccc(-c4ccc5c(c4)c(-c4ccccc4)c(-c4ccccc4)c4ccccc45)c3)c3ccccc23)cc1. The van der Waals surface area contributed by atoms with Crippen LogP contribution >= 0.6 is 0 Å². The zero-order valence-electron chi connectivity index (χ0n) is 39.1. The fourth-order valence-electron chi connectivity index (χ4n) is 10.8. The standard InChI is InChI=1S/C70H47N/c1-4-18-52(19-5-1)61-43-44-68(65-29-14-12-27-62(61)65)71(59-40-37-50(38-41-59)49-31-33-51(34-32-49)57-36-35-48-17-10-11-24-55(48)45-57)60-26-16-25-56(46-60)58-39-42-64-63-28-13-15-30-66(63)69(53-20-6-2-7-21-53)70(67(64)47-58)54-22-8-3-9-23-54/h1-47H. The second kappa shape index (κ2) is 18.0. The highest BCUT2D eigenvalue weighted by atomic mass is 15.1. The van der Waals surface area contributed by atoms with E-state index < -0.39 is 0 Å². The normalized spacial score (nSPS) is 11.4. The van der Waals surface area contributed by atoms with E-state index in [0.29, 0.717) is 0 Å². The summed E-state index contributed by atoms with van der Waals surface area (Å²) in [6.45, 7) is 0. The highest BCUT2D eigenvalue weighted by Gasteiger charge is 2.21. The van der Waals surface area contributed by atoms with Gasteiger partial charge in [-0.3, -0.25) is 0 Å². The van der Waals surface area contributed by atoms with E-state index in [1.807, 2.05) is 0 Å². The molecule has 0 radical (unpaired) electrons. The number of benzene rings is 13. The van der Waals surface area contributed by atoms with Gasteiger partial charge in [0, 0.05) is 16.8 Å². The molecule has 0 atom stereocenters. The van der Waals surface area contributed by atoms with Crippen LogP contribution in [0.4, 0.5) is 17.1 Å². The van der Waals surface area contributed by atoms with E-state index >= 15 is 0 Å². The van der Waals surface area contributed by atoms with Gasteiger partial charge in [-0.25, -0.2) is 0 Å². The third-order valence-electron chi connectivity index (χ3n) is 14.2. The Morgan fingerprint density at radius 1 is 0.197 bits per heavy atom. The third-order valence-corrected chi connectivity index (χ3v) is 14.2. The summed E-state index contributed by atoms with van der Waals surface area (Å²) in [5, 5.41) is 9.89. The van der Waals surface area contributed by atoms with Crippen LogP contribution in [0.3, 0.4) is 0 Å². The van der Waals surface area contributed by atoms with E-state index in [1.165, 1.54) is 98.7 Å². The van der Waals surface area contributed by atoms with E-state index in [2.05, 4.69) is 290 Å². The van der Waals surface area contributed by atoms with Crippen LogP contribution in [0, 0.1) is 0 Å². The maximum Gasteiger partial charge on any atom is 0.0540 e. The molecule has 0 fully saturated rings. The van der Waals surface area contributed by atoms with Crippen molar-refractivity contribution in [2.24, 2.45) is 0 Å². The van der Waals surface area contributed by atoms with Gasteiger partial charge in [-0.1, -0.05) is 243 Å². The van der Waals surface area contributed by atoms with Crippen molar-refractivity contribution in [3.63, 3.8) is 0 Å². The average Bonchev–Trinajstić information content (AvgIpc) is 3.45. The lowest BCUT2D eigenvalue weighted by Crippen LogP contribution is -2.10. The Labute approximate surface area is 414 Å². The van der Waals surface area contributed by atoms with E-state index in [9.17, 15) is 0 Å². The maximum absolute atomic E-state index is 2.44. The molecule has 0 amide bonds. The molecule has 0 aliphatic rings. The predicted octanol–water partition coefficient (Wildman–Crippen LogP) is 19.8. The zero-order chi connectivity index (χ0) is 47.1. The smallest absolute Gasteiger partial charge is 0.0540 e. The molecule has 71 heavy (non-hydrogen) atoms. The van der Waals surface area contributed by atoms with Gasteiger partial charge in [0.2, 0.25) is 0 Å². The van der Waals surface area contributed by atoms with Gasteiger partial charge in [0.05, 0.1) is 5.69 Å². The van der Waals surface area contributed by atoms with Crippen molar-refractivity contribution in [1.82, 2.24) is 0 Å². The first-order chi connectivity index (χ1) is 35.2. The predicted molar refractivity (Wildman–Crippen MR) is 304 cm³/mol. The van der Waals surface area contributed by atoms with Crippen LogP contribution in [0.5, 0.6) is 0 Å². The second-order valence-electron chi connectivity index (χ2n) is 18.4. The summed E-state index contributed by atoms with van der Waals surface area (Å²) in [6.07, 6.45) is 0. The van der Waals surface area contributed by atoms with E-state index in [4.69, 9.17) is 0 Å². The Kier molecular flexibility index (Phi) is 10.6. The molecule has 332 valence electrons. The van der Waals surface area contributed by atoms with Gasteiger partial charge < -0.3 is 4.90 Å². The van der Waals surface area contributed by atoms with Crippen molar-refractivity contribution in [2.45, 2.75) is 0 Å². The summed E-state index contributed by atoms with van der Waals surface area (Å²) >= 11 is 0. The van der Waals surface area contributed by atoms with Crippen LogP contribution in [0.15, 0.2) is 285 Å². The molecule has 0 aliphatic carbocycles. The molecule has 0 spiro atoms. The van der Waals surface area contributed by atoms with Crippen LogP contribution in [-0.2, 0) is 0 Å². The molecule has 0 unspecified atom stereocenters. The maximum atomic E-state index is 2.44. The minimum atomic E-state index is 1.08. The largest absolute Gasteiger partial charge is 0.310 e. The van der Waals surface area contributed by atoms with Crippen molar-refractivity contribution >= 4 is 60.2 Å². The summed E-state index contributed by atoms with van der Waals surface area (Å²) in [5.41, 5.74) is 17.7. The average molecular weight is 902 g/mol. The monoisotopic (exact) mass is 901 g/mol. The molecule has 13 aromatic rings. The highest BCUT2D eigenvalue weighted by molar-refractivity contribution is 6.22. The van der Waals surface area contributed by atoms with Crippen molar-refractivity contribution in [3.05, 3.63) is 285 Å². The van der Waals surface area contributed by atoms with Crippen LogP contribution in [0.2, 0.25) is 0 Å². The van der Waals surface area contributed by atoms with Gasteiger partial charge >= 0.3 is 0 Å². The Morgan fingerprint density at radius 2 is 0.662 bits per heavy atom. The minimum Gasteiger partial charge on any atom is -0.310 e. The number of hydrogen-bond donors (Lipinski definition) is 0. The molecule has 0 saturated heterocycles. The molecule has 0 bridgehead atoms. The fourth-order valence-corrected chi connectivity index (χ4v) is 10.8. The number of anilines is 3. The molecule has 0 N–H and O–H groups in total. The first kappa shape index (κ1) is 41.9. The summed E-state index contributed by atoms with van der Waals surface area (Å²) in [4.78, 5) is 2.44. The lowest BCUT2D eigenvalue weighted by Gasteiger charge is -2.28. The van der Waals surface area contributed by atoms with Gasteiger partial charge in [-0.05, 0) is 147 Å². The molecule has 0 aliphatic heterocycles. The van der Waals surface area contributed by atoms with Crippen molar-refractivity contribution in [2.75, 3.05) is 4.90 Å². The molecular formula is C70H47N. The second-order valence-corrected chi connectivity index (χ2v) is 18.4. The first-order valence-corrected chi connectivity index (χ1v) is 24.5. The molecule has 13 rings (SSSR count). The Morgan fingerprint density at radius 3 is 1.35 bits per heavy atom. The van der Waals surface area contributed by atoms with Crippen molar-refractivity contribution in [3.8, 4) is 66.8 Å². The van der Waals surface area contributed by atoms with Crippen LogP contribution in [0.25, 0.3) is 110 Å². The molecular weight excluding hydrogens is 855 g/mol. The Bertz CT molecular complexity index is 4060. The Balaban J connectivity index is 0.950. The summed E-state index contributed by atoms with van der Waals surface area (Å²) in [6, 6.07) is 104. The van der Waals surface area contributed by atoms with E-state index in [0.717, 1.165) is 28.2 Å². The first-order valence-electron chi connectivity index (χ1n) is 24.5. The van der Waals surface area contributed by atoms with Crippen LogP contribution < -0.4 is 4.90 Å². The topological polar surface area (TPSA) is 3.24 Å². The van der Waals surface area contributed by atoms with E-state index in [-0.39, 0.29) is 0 Å². The molecule has 0 saturated carbocycles. The number of nitrogens with zero attached hydrogens (tertiary/aromatic N) is 1. The molecule has 0 heterocycles. The number of hydrogen-bond acceptors (Lipinski definition) is 1. The fraction of sp³-hybridized carbons (Fsp3) is 0. The summed E-state index contributed by atoms with van der Waals surface area (Å²) < 4.78 is 0. The Hall–Kier alpha value is -9.30. The minimum absolute atomic E-state index is 1.08. The van der Waals surface area contributed by atoms with Gasteiger partial charge in [-0.15, -0.1) is 0 Å². The third kappa shape index (κ3) is 7.71. The quantitative estimate of drug-likeness (QED) is 0.131. The molecule has 13 aromatic carbocycles. The number of fused-ring (bicyclic) bond motifs is 5.